The highest BCUT2D eigenvalue weighted by Gasteiger charge is 2.11. The first-order chi connectivity index (χ1) is 5.52. The van der Waals surface area contributed by atoms with Gasteiger partial charge in [0.25, 0.3) is 0 Å². The fourth-order valence-corrected chi connectivity index (χ4v) is 0.943. The molecule has 0 aliphatic carbocycles. The average molecular weight is 191 g/mol. The quantitative estimate of drug-likeness (QED) is 0.492. The molecular formula is C8H5ClF2O. The van der Waals surface area contributed by atoms with E-state index in [1.165, 1.54) is 0 Å². The lowest BCUT2D eigenvalue weighted by Crippen LogP contribution is -1.98. The molecule has 0 radical (unpaired) electrons. The molecule has 0 aliphatic heterocycles. The van der Waals surface area contributed by atoms with Gasteiger partial charge in [0.05, 0.1) is 10.6 Å². The number of hydrogen-bond acceptors (Lipinski definition) is 1. The van der Waals surface area contributed by atoms with E-state index in [0.29, 0.717) is 0 Å². The lowest BCUT2D eigenvalue weighted by atomic mass is 10.1. The third kappa shape index (κ3) is 1.61. The van der Waals surface area contributed by atoms with Gasteiger partial charge < -0.3 is 0 Å². The Labute approximate surface area is 73.0 Å². The lowest BCUT2D eigenvalue weighted by Gasteiger charge is -1.99. The molecular weight excluding hydrogens is 186 g/mol. The summed E-state index contributed by atoms with van der Waals surface area (Å²) in [6.45, 7) is 1.16. The van der Waals surface area contributed by atoms with Crippen LogP contribution >= 0.6 is 11.6 Å². The highest BCUT2D eigenvalue weighted by molar-refractivity contribution is 6.30. The molecule has 1 aromatic carbocycles. The molecule has 0 heterocycles. The van der Waals surface area contributed by atoms with E-state index in [0.717, 1.165) is 19.1 Å². The molecule has 0 aromatic heterocycles. The first-order valence-electron chi connectivity index (χ1n) is 3.18. The Morgan fingerprint density at radius 2 is 1.92 bits per heavy atom. The Morgan fingerprint density at radius 3 is 2.42 bits per heavy atom. The zero-order valence-corrected chi connectivity index (χ0v) is 6.95. The predicted octanol–water partition coefficient (Wildman–Crippen LogP) is 2.82. The topological polar surface area (TPSA) is 17.1 Å². The molecule has 1 rings (SSSR count). The van der Waals surface area contributed by atoms with Crippen LogP contribution in [0.2, 0.25) is 5.02 Å². The van der Waals surface area contributed by atoms with Crippen LogP contribution in [0.15, 0.2) is 12.1 Å². The molecule has 1 nitrogen and oxygen atoms in total. The second kappa shape index (κ2) is 3.19. The van der Waals surface area contributed by atoms with E-state index in [4.69, 9.17) is 11.6 Å². The zero-order chi connectivity index (χ0) is 9.30. The summed E-state index contributed by atoms with van der Waals surface area (Å²) in [4.78, 5) is 10.7. The van der Waals surface area contributed by atoms with Gasteiger partial charge in [-0.2, -0.15) is 0 Å². The molecule has 0 aliphatic rings. The zero-order valence-electron chi connectivity index (χ0n) is 6.20. The van der Waals surface area contributed by atoms with Gasteiger partial charge in [-0.15, -0.1) is 0 Å². The van der Waals surface area contributed by atoms with Crippen molar-refractivity contribution < 1.29 is 13.6 Å². The molecule has 0 bridgehead atoms. The Balaban J connectivity index is 3.33. The molecule has 0 unspecified atom stereocenters. The molecule has 64 valence electrons. The third-order valence-electron chi connectivity index (χ3n) is 1.39. The van der Waals surface area contributed by atoms with Crippen molar-refractivity contribution in [2.45, 2.75) is 6.92 Å². The minimum absolute atomic E-state index is 0.281. The van der Waals surface area contributed by atoms with Crippen molar-refractivity contribution in [2.75, 3.05) is 0 Å². The summed E-state index contributed by atoms with van der Waals surface area (Å²) in [7, 11) is 0. The van der Waals surface area contributed by atoms with Gasteiger partial charge in [-0.3, -0.25) is 4.79 Å². The maximum Gasteiger partial charge on any atom is 0.162 e. The lowest BCUT2D eigenvalue weighted by molar-refractivity contribution is 0.101. The smallest absolute Gasteiger partial charge is 0.162 e. The van der Waals surface area contributed by atoms with Crippen molar-refractivity contribution >= 4 is 17.4 Å². The molecule has 0 amide bonds. The van der Waals surface area contributed by atoms with Crippen LogP contribution in [0.4, 0.5) is 8.78 Å². The SMILES string of the molecule is CC(=O)c1cc(F)c(Cl)cc1F. The summed E-state index contributed by atoms with van der Waals surface area (Å²) in [6.07, 6.45) is 0. The molecule has 0 fully saturated rings. The summed E-state index contributed by atoms with van der Waals surface area (Å²) >= 11 is 5.26. The standard InChI is InChI=1S/C8H5ClF2O/c1-4(12)5-2-8(11)6(9)3-7(5)10/h2-3H,1H3. The Morgan fingerprint density at radius 1 is 1.33 bits per heavy atom. The highest BCUT2D eigenvalue weighted by atomic mass is 35.5. The first kappa shape index (κ1) is 9.13. The number of hydrogen-bond donors (Lipinski definition) is 0. The van der Waals surface area contributed by atoms with Gasteiger partial charge in [0.15, 0.2) is 5.78 Å². The van der Waals surface area contributed by atoms with Crippen LogP contribution in [-0.4, -0.2) is 5.78 Å². The van der Waals surface area contributed by atoms with Crippen molar-refractivity contribution in [3.8, 4) is 0 Å². The van der Waals surface area contributed by atoms with Crippen molar-refractivity contribution in [1.82, 2.24) is 0 Å². The van der Waals surface area contributed by atoms with E-state index in [-0.39, 0.29) is 10.6 Å². The van der Waals surface area contributed by atoms with Gasteiger partial charge in [-0.25, -0.2) is 8.78 Å². The number of benzene rings is 1. The van der Waals surface area contributed by atoms with E-state index in [1.807, 2.05) is 0 Å². The van der Waals surface area contributed by atoms with Crippen LogP contribution < -0.4 is 0 Å². The van der Waals surface area contributed by atoms with Gasteiger partial charge in [0.1, 0.15) is 11.6 Å². The van der Waals surface area contributed by atoms with Crippen LogP contribution in [0.1, 0.15) is 17.3 Å². The largest absolute Gasteiger partial charge is 0.294 e. The highest BCUT2D eigenvalue weighted by Crippen LogP contribution is 2.19. The van der Waals surface area contributed by atoms with Gasteiger partial charge in [0.2, 0.25) is 0 Å². The molecule has 4 heteroatoms. The fraction of sp³-hybridized carbons (Fsp3) is 0.125. The van der Waals surface area contributed by atoms with Crippen LogP contribution in [0.5, 0.6) is 0 Å². The summed E-state index contributed by atoms with van der Waals surface area (Å²) in [5.74, 6) is -2.11. The average Bonchev–Trinajstić information content (AvgIpc) is 1.96. The van der Waals surface area contributed by atoms with Crippen LogP contribution in [0.3, 0.4) is 0 Å². The molecule has 0 atom stereocenters. The number of carbonyl (C=O) groups is 1. The van der Waals surface area contributed by atoms with Gasteiger partial charge in [0, 0.05) is 0 Å². The number of Topliss-reactive ketones (excluding diaryl/α,β-unsaturated/α-hetero) is 1. The van der Waals surface area contributed by atoms with Crippen molar-refractivity contribution in [2.24, 2.45) is 0 Å². The van der Waals surface area contributed by atoms with Crippen molar-refractivity contribution in [3.63, 3.8) is 0 Å². The van der Waals surface area contributed by atoms with Gasteiger partial charge >= 0.3 is 0 Å². The summed E-state index contributed by atoms with van der Waals surface area (Å²) < 4.78 is 25.5. The van der Waals surface area contributed by atoms with E-state index in [1.54, 1.807) is 0 Å². The minimum atomic E-state index is -0.797. The van der Waals surface area contributed by atoms with E-state index < -0.39 is 17.4 Å². The summed E-state index contributed by atoms with van der Waals surface area (Å²) in [5, 5.41) is -0.322. The number of rotatable bonds is 1. The molecule has 0 saturated carbocycles. The molecule has 0 N–H and O–H groups in total. The normalized spacial score (nSPS) is 10.0. The van der Waals surface area contributed by atoms with Crippen molar-refractivity contribution in [1.29, 1.82) is 0 Å². The van der Waals surface area contributed by atoms with E-state index in [9.17, 15) is 13.6 Å². The molecule has 0 saturated heterocycles. The van der Waals surface area contributed by atoms with Crippen LogP contribution in [0, 0.1) is 11.6 Å². The first-order valence-corrected chi connectivity index (χ1v) is 3.55. The molecule has 0 spiro atoms. The summed E-state index contributed by atoms with van der Waals surface area (Å²) in [5.41, 5.74) is -0.281. The predicted molar refractivity (Wildman–Crippen MR) is 41.4 cm³/mol. The Kier molecular flexibility index (Phi) is 2.43. The molecule has 12 heavy (non-hydrogen) atoms. The third-order valence-corrected chi connectivity index (χ3v) is 1.68. The van der Waals surface area contributed by atoms with Crippen LogP contribution in [0.25, 0.3) is 0 Å². The van der Waals surface area contributed by atoms with Gasteiger partial charge in [-0.1, -0.05) is 11.6 Å². The minimum Gasteiger partial charge on any atom is -0.294 e. The van der Waals surface area contributed by atoms with Gasteiger partial charge in [-0.05, 0) is 19.1 Å². The monoisotopic (exact) mass is 190 g/mol. The van der Waals surface area contributed by atoms with Crippen molar-refractivity contribution in [3.05, 3.63) is 34.4 Å². The summed E-state index contributed by atoms with van der Waals surface area (Å²) in [6, 6.07) is 1.58. The van der Waals surface area contributed by atoms with E-state index >= 15 is 0 Å². The number of carbonyl (C=O) groups excluding carboxylic acids is 1. The van der Waals surface area contributed by atoms with E-state index in [2.05, 4.69) is 0 Å². The Hall–Kier alpha value is -0.960. The maximum atomic E-state index is 12.8. The number of halogens is 3. The Bertz CT molecular complexity index is 336. The second-order valence-electron chi connectivity index (χ2n) is 2.30. The molecule has 1 aromatic rings. The second-order valence-corrected chi connectivity index (χ2v) is 2.71. The van der Waals surface area contributed by atoms with Crippen LogP contribution in [-0.2, 0) is 0 Å². The number of ketones is 1. The maximum absolute atomic E-state index is 12.8. The fourth-order valence-electron chi connectivity index (χ4n) is 0.792.